The normalized spacial score (nSPS) is 19.7. The van der Waals surface area contributed by atoms with Crippen LogP contribution in [0.5, 0.6) is 0 Å². The summed E-state index contributed by atoms with van der Waals surface area (Å²) in [5.41, 5.74) is 0. The fraction of sp³-hybridized carbons (Fsp3) is 0.625. The van der Waals surface area contributed by atoms with Crippen molar-refractivity contribution in [1.29, 1.82) is 0 Å². The zero-order valence-electron chi connectivity index (χ0n) is 8.32. The third-order valence-electron chi connectivity index (χ3n) is 2.13. The van der Waals surface area contributed by atoms with Gasteiger partial charge in [-0.2, -0.15) is 0 Å². The quantitative estimate of drug-likeness (QED) is 0.818. The van der Waals surface area contributed by atoms with Crippen LogP contribution in [0.4, 0.5) is 5.13 Å². The van der Waals surface area contributed by atoms with Crippen LogP contribution in [0, 0.1) is 6.92 Å². The lowest BCUT2D eigenvalue weighted by Crippen LogP contribution is -2.35. The Morgan fingerprint density at radius 1 is 1.60 bits per heavy atom. The molecule has 1 atom stereocenters. The van der Waals surface area contributed by atoms with Gasteiger partial charge in [0.2, 0.25) is 11.0 Å². The molecule has 0 bridgehead atoms. The van der Waals surface area contributed by atoms with Crippen molar-refractivity contribution in [3.63, 3.8) is 0 Å². The van der Waals surface area contributed by atoms with E-state index in [0.29, 0.717) is 5.13 Å². The average molecular weight is 249 g/mol. The summed E-state index contributed by atoms with van der Waals surface area (Å²) in [7, 11) is 0. The van der Waals surface area contributed by atoms with E-state index in [-0.39, 0.29) is 24.4 Å². The molecule has 0 spiro atoms. The maximum atomic E-state index is 11.6. The summed E-state index contributed by atoms with van der Waals surface area (Å²) >= 11 is 1.39. The first-order chi connectivity index (χ1) is 6.75. The fourth-order valence-corrected chi connectivity index (χ4v) is 2.04. The Kier molecular flexibility index (Phi) is 4.44. The molecule has 0 saturated carbocycles. The van der Waals surface area contributed by atoms with Crippen LogP contribution < -0.4 is 10.6 Å². The smallest absolute Gasteiger partial charge is 0.243 e. The van der Waals surface area contributed by atoms with Gasteiger partial charge in [0, 0.05) is 0 Å². The van der Waals surface area contributed by atoms with Crippen LogP contribution in [-0.4, -0.2) is 28.7 Å². The molecule has 0 aliphatic carbocycles. The number of amides is 1. The van der Waals surface area contributed by atoms with Gasteiger partial charge in [-0.25, -0.2) is 0 Å². The molecule has 15 heavy (non-hydrogen) atoms. The Hall–Kier alpha value is -0.720. The van der Waals surface area contributed by atoms with E-state index in [2.05, 4.69) is 20.8 Å². The van der Waals surface area contributed by atoms with E-state index in [1.807, 2.05) is 6.92 Å². The van der Waals surface area contributed by atoms with Crippen molar-refractivity contribution in [2.45, 2.75) is 25.8 Å². The molecule has 2 rings (SSSR count). The number of aromatic nitrogens is 2. The van der Waals surface area contributed by atoms with Crippen molar-refractivity contribution in [2.24, 2.45) is 0 Å². The molecule has 0 aromatic carbocycles. The lowest BCUT2D eigenvalue weighted by Gasteiger charge is -2.07. The summed E-state index contributed by atoms with van der Waals surface area (Å²) in [6, 6.07) is -0.0563. The van der Waals surface area contributed by atoms with Crippen LogP contribution in [0.2, 0.25) is 0 Å². The van der Waals surface area contributed by atoms with E-state index < -0.39 is 0 Å². The van der Waals surface area contributed by atoms with E-state index in [9.17, 15) is 4.79 Å². The highest BCUT2D eigenvalue weighted by Crippen LogP contribution is 2.15. The number of aryl methyl sites for hydroxylation is 1. The van der Waals surface area contributed by atoms with Crippen molar-refractivity contribution in [3.8, 4) is 0 Å². The molecule has 5 nitrogen and oxygen atoms in total. The summed E-state index contributed by atoms with van der Waals surface area (Å²) in [5.74, 6) is -0.00125. The molecule has 1 aromatic heterocycles. The third-order valence-corrected chi connectivity index (χ3v) is 2.89. The van der Waals surface area contributed by atoms with Gasteiger partial charge in [0.25, 0.3) is 0 Å². The molecule has 2 N–H and O–H groups in total. The summed E-state index contributed by atoms with van der Waals surface area (Å²) in [6.07, 6.45) is 1.97. The Morgan fingerprint density at radius 3 is 2.93 bits per heavy atom. The number of carbonyl (C=O) groups excluding carboxylic acids is 1. The van der Waals surface area contributed by atoms with Gasteiger partial charge in [-0.1, -0.05) is 11.3 Å². The summed E-state index contributed by atoms with van der Waals surface area (Å²) < 4.78 is 0. The SMILES string of the molecule is Cc1nnc(NC(=O)[C@@H]2CCCN2)s1.Cl. The van der Waals surface area contributed by atoms with Gasteiger partial charge >= 0.3 is 0 Å². The molecule has 1 aliphatic heterocycles. The standard InChI is InChI=1S/C8H12N4OS.ClH/c1-5-11-12-8(14-5)10-7(13)6-3-2-4-9-6;/h6,9H,2-4H2,1H3,(H,10,12,13);1H/t6-;/m0./s1. The van der Waals surface area contributed by atoms with Crippen molar-refractivity contribution in [3.05, 3.63) is 5.01 Å². The molecule has 2 heterocycles. The van der Waals surface area contributed by atoms with Gasteiger partial charge < -0.3 is 5.32 Å². The lowest BCUT2D eigenvalue weighted by atomic mass is 10.2. The number of nitrogens with one attached hydrogen (secondary N) is 2. The second-order valence-corrected chi connectivity index (χ2v) is 4.45. The molecule has 7 heteroatoms. The van der Waals surface area contributed by atoms with E-state index in [0.717, 1.165) is 24.4 Å². The molecule has 1 saturated heterocycles. The number of nitrogens with zero attached hydrogens (tertiary/aromatic N) is 2. The monoisotopic (exact) mass is 248 g/mol. The minimum Gasteiger partial charge on any atom is -0.306 e. The predicted molar refractivity (Wildman–Crippen MR) is 61.5 cm³/mol. The van der Waals surface area contributed by atoms with Gasteiger partial charge in [-0.3, -0.25) is 10.1 Å². The van der Waals surface area contributed by atoms with Crippen LogP contribution in [0.1, 0.15) is 17.8 Å². The first-order valence-corrected chi connectivity index (χ1v) is 5.42. The van der Waals surface area contributed by atoms with Crippen LogP contribution in [0.3, 0.4) is 0 Å². The molecular weight excluding hydrogens is 236 g/mol. The predicted octanol–water partition coefficient (Wildman–Crippen LogP) is 0.959. The van der Waals surface area contributed by atoms with Gasteiger partial charge in [0.1, 0.15) is 5.01 Å². The molecule has 84 valence electrons. The van der Waals surface area contributed by atoms with E-state index in [4.69, 9.17) is 0 Å². The maximum Gasteiger partial charge on any atom is 0.243 e. The first-order valence-electron chi connectivity index (χ1n) is 4.60. The minimum absolute atomic E-state index is 0. The Labute approximate surface area is 98.1 Å². The topological polar surface area (TPSA) is 66.9 Å². The van der Waals surface area contributed by atoms with E-state index >= 15 is 0 Å². The lowest BCUT2D eigenvalue weighted by molar-refractivity contribution is -0.117. The van der Waals surface area contributed by atoms with E-state index in [1.54, 1.807) is 0 Å². The van der Waals surface area contributed by atoms with Crippen LogP contribution in [0.25, 0.3) is 0 Å². The molecule has 1 aromatic rings. The maximum absolute atomic E-state index is 11.6. The highest BCUT2D eigenvalue weighted by Gasteiger charge is 2.22. The van der Waals surface area contributed by atoms with Crippen molar-refractivity contribution >= 4 is 34.8 Å². The highest BCUT2D eigenvalue weighted by molar-refractivity contribution is 7.15. The number of anilines is 1. The average Bonchev–Trinajstić information content (AvgIpc) is 2.75. The van der Waals surface area contributed by atoms with Crippen molar-refractivity contribution < 1.29 is 4.79 Å². The number of halogens is 1. The second-order valence-electron chi connectivity index (χ2n) is 3.26. The summed E-state index contributed by atoms with van der Waals surface area (Å²) in [4.78, 5) is 11.6. The minimum atomic E-state index is -0.0563. The van der Waals surface area contributed by atoms with Gasteiger partial charge in [-0.15, -0.1) is 22.6 Å². The molecule has 1 amide bonds. The molecule has 1 aliphatic rings. The molecule has 1 fully saturated rings. The first kappa shape index (κ1) is 12.4. The number of carbonyl (C=O) groups is 1. The second kappa shape index (κ2) is 5.39. The fourth-order valence-electron chi connectivity index (χ4n) is 1.45. The van der Waals surface area contributed by atoms with Gasteiger partial charge in [0.15, 0.2) is 0 Å². The number of hydrogen-bond acceptors (Lipinski definition) is 5. The van der Waals surface area contributed by atoms with Crippen LogP contribution in [0.15, 0.2) is 0 Å². The summed E-state index contributed by atoms with van der Waals surface area (Å²) in [5, 5.41) is 15.0. The summed E-state index contributed by atoms with van der Waals surface area (Å²) in [6.45, 7) is 2.79. The van der Waals surface area contributed by atoms with Crippen LogP contribution >= 0.6 is 23.7 Å². The zero-order valence-corrected chi connectivity index (χ0v) is 9.95. The van der Waals surface area contributed by atoms with Crippen LogP contribution in [-0.2, 0) is 4.79 Å². The Morgan fingerprint density at radius 2 is 2.40 bits per heavy atom. The van der Waals surface area contributed by atoms with Gasteiger partial charge in [-0.05, 0) is 26.3 Å². The third kappa shape index (κ3) is 3.12. The number of rotatable bonds is 2. The largest absolute Gasteiger partial charge is 0.306 e. The molecule has 0 radical (unpaired) electrons. The highest BCUT2D eigenvalue weighted by atomic mass is 35.5. The van der Waals surface area contributed by atoms with Crippen molar-refractivity contribution in [1.82, 2.24) is 15.5 Å². The molecule has 0 unspecified atom stereocenters. The molecular formula is C8H13ClN4OS. The van der Waals surface area contributed by atoms with Gasteiger partial charge in [0.05, 0.1) is 6.04 Å². The van der Waals surface area contributed by atoms with E-state index in [1.165, 1.54) is 11.3 Å². The van der Waals surface area contributed by atoms with Crippen molar-refractivity contribution in [2.75, 3.05) is 11.9 Å². The number of hydrogen-bond donors (Lipinski definition) is 2. The Balaban J connectivity index is 0.00000112. The zero-order chi connectivity index (χ0) is 9.97. The Bertz CT molecular complexity index is 337.